The zero-order valence-electron chi connectivity index (χ0n) is 17.0. The number of hydrogen-bond donors (Lipinski definition) is 0. The molecule has 0 aromatic heterocycles. The summed E-state index contributed by atoms with van der Waals surface area (Å²) in [6.07, 6.45) is 1.65. The van der Waals surface area contributed by atoms with Gasteiger partial charge in [0.25, 0.3) is 0 Å². The number of hydrogen-bond acceptors (Lipinski definition) is 5. The standard InChI is InChI=1S/C21H27NO5S/c1-21(2)11-10-16-13-17(7-9-18(16)27-21)28(23,24)22(3)14-15-6-8-19(25-4)20(12-15)26-5/h6-9,12-13H,10-11,14H2,1-5H3. The van der Waals surface area contributed by atoms with Crippen LogP contribution in [0, 0.1) is 0 Å². The third kappa shape index (κ3) is 4.10. The lowest BCUT2D eigenvalue weighted by atomic mass is 9.94. The first kappa shape index (κ1) is 20.5. The van der Waals surface area contributed by atoms with Crippen molar-refractivity contribution in [1.82, 2.24) is 4.31 Å². The van der Waals surface area contributed by atoms with Crippen LogP contribution in [0.1, 0.15) is 31.4 Å². The van der Waals surface area contributed by atoms with Gasteiger partial charge in [-0.25, -0.2) is 8.42 Å². The first-order valence-corrected chi connectivity index (χ1v) is 10.6. The smallest absolute Gasteiger partial charge is 0.243 e. The highest BCUT2D eigenvalue weighted by Gasteiger charge is 2.29. The number of fused-ring (bicyclic) bond motifs is 1. The average molecular weight is 406 g/mol. The van der Waals surface area contributed by atoms with Crippen molar-refractivity contribution < 1.29 is 22.6 Å². The second-order valence-corrected chi connectivity index (χ2v) is 9.63. The van der Waals surface area contributed by atoms with E-state index in [9.17, 15) is 8.42 Å². The molecular weight excluding hydrogens is 378 g/mol. The quantitative estimate of drug-likeness (QED) is 0.734. The zero-order valence-corrected chi connectivity index (χ0v) is 17.8. The van der Waals surface area contributed by atoms with Gasteiger partial charge in [-0.3, -0.25) is 0 Å². The second kappa shape index (κ2) is 7.64. The van der Waals surface area contributed by atoms with Gasteiger partial charge < -0.3 is 14.2 Å². The van der Waals surface area contributed by atoms with Crippen LogP contribution in [-0.4, -0.2) is 39.6 Å². The van der Waals surface area contributed by atoms with Gasteiger partial charge in [0.05, 0.1) is 19.1 Å². The van der Waals surface area contributed by atoms with Crippen LogP contribution in [-0.2, 0) is 23.0 Å². The molecule has 0 atom stereocenters. The van der Waals surface area contributed by atoms with Crippen LogP contribution >= 0.6 is 0 Å². The maximum Gasteiger partial charge on any atom is 0.243 e. The zero-order chi connectivity index (χ0) is 20.5. The fourth-order valence-electron chi connectivity index (χ4n) is 3.30. The van der Waals surface area contributed by atoms with Gasteiger partial charge in [-0.1, -0.05) is 6.07 Å². The molecule has 0 amide bonds. The van der Waals surface area contributed by atoms with E-state index in [2.05, 4.69) is 0 Å². The van der Waals surface area contributed by atoms with Crippen LogP contribution in [0.25, 0.3) is 0 Å². The van der Waals surface area contributed by atoms with E-state index in [0.29, 0.717) is 11.5 Å². The highest BCUT2D eigenvalue weighted by molar-refractivity contribution is 7.89. The average Bonchev–Trinajstić information content (AvgIpc) is 2.66. The highest BCUT2D eigenvalue weighted by atomic mass is 32.2. The molecular formula is C21H27NO5S. The Balaban J connectivity index is 1.83. The van der Waals surface area contributed by atoms with Crippen molar-refractivity contribution in [2.45, 2.75) is 43.7 Å². The van der Waals surface area contributed by atoms with Gasteiger partial charge in [-0.15, -0.1) is 0 Å². The Hall–Kier alpha value is -2.25. The molecule has 0 bridgehead atoms. The Bertz CT molecular complexity index is 969. The van der Waals surface area contributed by atoms with E-state index < -0.39 is 10.0 Å². The molecule has 0 unspecified atom stereocenters. The van der Waals surface area contributed by atoms with Gasteiger partial charge in [0.2, 0.25) is 10.0 Å². The summed E-state index contributed by atoms with van der Waals surface area (Å²) in [6.45, 7) is 4.30. The third-order valence-electron chi connectivity index (χ3n) is 4.98. The van der Waals surface area contributed by atoms with Gasteiger partial charge >= 0.3 is 0 Å². The Labute approximate surface area is 167 Å². The number of rotatable bonds is 6. The Kier molecular flexibility index (Phi) is 5.59. The molecule has 3 rings (SSSR count). The van der Waals surface area contributed by atoms with Crippen molar-refractivity contribution in [2.24, 2.45) is 0 Å². The summed E-state index contributed by atoms with van der Waals surface area (Å²) in [4.78, 5) is 0.275. The predicted octanol–water partition coefficient (Wildman–Crippen LogP) is 3.63. The predicted molar refractivity (Wildman–Crippen MR) is 108 cm³/mol. The molecule has 28 heavy (non-hydrogen) atoms. The van der Waals surface area contributed by atoms with Gasteiger partial charge in [-0.2, -0.15) is 4.31 Å². The Morgan fingerprint density at radius 1 is 1.07 bits per heavy atom. The van der Waals surface area contributed by atoms with E-state index in [1.165, 1.54) is 4.31 Å². The van der Waals surface area contributed by atoms with Gasteiger partial charge in [0.15, 0.2) is 11.5 Å². The lowest BCUT2D eigenvalue weighted by Crippen LogP contribution is -2.33. The summed E-state index contributed by atoms with van der Waals surface area (Å²) in [5.41, 5.74) is 1.52. The van der Waals surface area contributed by atoms with E-state index in [4.69, 9.17) is 14.2 Å². The summed E-state index contributed by atoms with van der Waals surface area (Å²) < 4.78 is 43.9. The number of nitrogens with zero attached hydrogens (tertiary/aromatic N) is 1. The van der Waals surface area contributed by atoms with Gasteiger partial charge in [0.1, 0.15) is 11.4 Å². The molecule has 1 aliphatic rings. The van der Waals surface area contributed by atoms with E-state index >= 15 is 0 Å². The summed E-state index contributed by atoms with van der Waals surface area (Å²) in [7, 11) is 1.06. The molecule has 2 aromatic carbocycles. The molecule has 0 N–H and O–H groups in total. The monoisotopic (exact) mass is 405 g/mol. The molecule has 0 saturated heterocycles. The molecule has 0 saturated carbocycles. The summed E-state index contributed by atoms with van der Waals surface area (Å²) in [5, 5.41) is 0. The van der Waals surface area contributed by atoms with E-state index in [1.54, 1.807) is 51.6 Å². The van der Waals surface area contributed by atoms with Crippen LogP contribution in [0.5, 0.6) is 17.2 Å². The third-order valence-corrected chi connectivity index (χ3v) is 6.78. The van der Waals surface area contributed by atoms with E-state index in [-0.39, 0.29) is 17.0 Å². The molecule has 0 spiro atoms. The van der Waals surface area contributed by atoms with Crippen molar-refractivity contribution in [3.63, 3.8) is 0 Å². The van der Waals surface area contributed by atoms with Crippen molar-refractivity contribution in [3.05, 3.63) is 47.5 Å². The van der Waals surface area contributed by atoms with E-state index in [1.807, 2.05) is 19.9 Å². The number of benzene rings is 2. The number of sulfonamides is 1. The second-order valence-electron chi connectivity index (χ2n) is 7.58. The topological polar surface area (TPSA) is 65.1 Å². The van der Waals surface area contributed by atoms with Crippen LogP contribution in [0.15, 0.2) is 41.3 Å². The molecule has 7 heteroatoms. The normalized spacial score (nSPS) is 15.6. The van der Waals surface area contributed by atoms with Crippen LogP contribution in [0.3, 0.4) is 0 Å². The number of methoxy groups -OCH3 is 2. The molecule has 1 heterocycles. The van der Waals surface area contributed by atoms with Crippen molar-refractivity contribution in [1.29, 1.82) is 0 Å². The lowest BCUT2D eigenvalue weighted by Gasteiger charge is -2.32. The fourth-order valence-corrected chi connectivity index (χ4v) is 4.51. The number of aryl methyl sites for hydroxylation is 1. The number of ether oxygens (including phenoxy) is 3. The molecule has 6 nitrogen and oxygen atoms in total. The summed E-state index contributed by atoms with van der Waals surface area (Å²) in [5.74, 6) is 1.94. The minimum Gasteiger partial charge on any atom is -0.493 e. The van der Waals surface area contributed by atoms with Crippen molar-refractivity contribution in [3.8, 4) is 17.2 Å². The van der Waals surface area contributed by atoms with Crippen molar-refractivity contribution >= 4 is 10.0 Å². The maximum atomic E-state index is 13.1. The highest BCUT2D eigenvalue weighted by Crippen LogP contribution is 2.35. The molecule has 0 radical (unpaired) electrons. The summed E-state index contributed by atoms with van der Waals surface area (Å²) >= 11 is 0. The maximum absolute atomic E-state index is 13.1. The molecule has 0 fully saturated rings. The fraction of sp³-hybridized carbons (Fsp3) is 0.429. The SMILES string of the molecule is COc1ccc(CN(C)S(=O)(=O)c2ccc3c(c2)CCC(C)(C)O3)cc1OC. The lowest BCUT2D eigenvalue weighted by molar-refractivity contribution is 0.0845. The van der Waals surface area contributed by atoms with Crippen molar-refractivity contribution in [2.75, 3.05) is 21.3 Å². The van der Waals surface area contributed by atoms with Crippen LogP contribution in [0.4, 0.5) is 0 Å². The first-order valence-electron chi connectivity index (χ1n) is 9.15. The first-order chi connectivity index (χ1) is 13.2. The largest absolute Gasteiger partial charge is 0.493 e. The molecule has 152 valence electrons. The Morgan fingerprint density at radius 2 is 1.79 bits per heavy atom. The minimum atomic E-state index is -3.63. The van der Waals surface area contributed by atoms with E-state index in [0.717, 1.165) is 29.7 Å². The van der Waals surface area contributed by atoms with Crippen LogP contribution < -0.4 is 14.2 Å². The van der Waals surface area contributed by atoms with Gasteiger partial charge in [-0.05, 0) is 68.1 Å². The summed E-state index contributed by atoms with van der Waals surface area (Å²) in [6, 6.07) is 10.5. The Morgan fingerprint density at radius 3 is 2.46 bits per heavy atom. The van der Waals surface area contributed by atoms with Gasteiger partial charge in [0, 0.05) is 13.6 Å². The molecule has 0 aliphatic carbocycles. The minimum absolute atomic E-state index is 0.225. The molecule has 1 aliphatic heterocycles. The molecule has 2 aromatic rings. The van der Waals surface area contributed by atoms with Crippen LogP contribution in [0.2, 0.25) is 0 Å².